The van der Waals surface area contributed by atoms with Gasteiger partial charge in [0.1, 0.15) is 5.82 Å². The lowest BCUT2D eigenvalue weighted by Gasteiger charge is -2.22. The third-order valence-corrected chi connectivity index (χ3v) is 4.60. The molecule has 1 atom stereocenters. The number of rotatable bonds is 3. The molecule has 0 aliphatic carbocycles. The minimum atomic E-state index is -0.876. The van der Waals surface area contributed by atoms with Crippen molar-refractivity contribution in [1.29, 1.82) is 0 Å². The molecule has 1 unspecified atom stereocenters. The summed E-state index contributed by atoms with van der Waals surface area (Å²) in [6.45, 7) is 1.89. The maximum Gasteiger partial charge on any atom is 0.259 e. The third kappa shape index (κ3) is 2.19. The number of carbonyl (C=O) groups is 1. The molecule has 0 saturated heterocycles. The second-order valence-electron chi connectivity index (χ2n) is 6.11. The van der Waals surface area contributed by atoms with Gasteiger partial charge in [-0.05, 0) is 47.7 Å². The number of halogens is 1. The Kier molecular flexibility index (Phi) is 3.36. The summed E-state index contributed by atoms with van der Waals surface area (Å²) in [5.41, 5.74) is 2.77. The Hall–Kier alpha value is -2.72. The van der Waals surface area contributed by atoms with E-state index in [9.17, 15) is 14.3 Å². The van der Waals surface area contributed by atoms with Gasteiger partial charge in [-0.1, -0.05) is 30.3 Å². The van der Waals surface area contributed by atoms with Crippen LogP contribution in [0.3, 0.4) is 0 Å². The minimum absolute atomic E-state index is 0.111. The highest BCUT2D eigenvalue weighted by Crippen LogP contribution is 2.38. The van der Waals surface area contributed by atoms with Gasteiger partial charge in [0.25, 0.3) is 5.91 Å². The number of amides is 1. The number of benzene rings is 3. The van der Waals surface area contributed by atoms with Gasteiger partial charge in [0, 0.05) is 10.9 Å². The predicted octanol–water partition coefficient (Wildman–Crippen LogP) is 3.98. The van der Waals surface area contributed by atoms with Crippen molar-refractivity contribution in [1.82, 2.24) is 0 Å². The number of β-amino-alcohol motifs (C(OH)–C–C–N with tert-alkyl or cyclic N) is 1. The van der Waals surface area contributed by atoms with Crippen LogP contribution < -0.4 is 4.90 Å². The first-order valence-electron chi connectivity index (χ1n) is 7.84. The summed E-state index contributed by atoms with van der Waals surface area (Å²) in [6.07, 6.45) is -0.876. The zero-order chi connectivity index (χ0) is 16.8. The lowest BCUT2D eigenvalue weighted by atomic mass is 10.0. The standard InChI is InChI=1S/C20H16FNO2/c1-12-10-14(21)8-9-15(12)18(23)11-22-17-7-3-5-13-4-2-6-16(19(13)17)20(22)24/h2-10,18,23H,11H2,1H3. The topological polar surface area (TPSA) is 40.5 Å². The van der Waals surface area contributed by atoms with Gasteiger partial charge in [0.2, 0.25) is 0 Å². The normalized spacial score (nSPS) is 14.5. The molecule has 0 fully saturated rings. The Labute approximate surface area is 139 Å². The van der Waals surface area contributed by atoms with Crippen LogP contribution in [0.4, 0.5) is 10.1 Å². The van der Waals surface area contributed by atoms with Crippen LogP contribution in [0.1, 0.15) is 27.6 Å². The second kappa shape index (κ2) is 5.42. The van der Waals surface area contributed by atoms with Gasteiger partial charge in [-0.25, -0.2) is 4.39 Å². The van der Waals surface area contributed by atoms with E-state index in [4.69, 9.17) is 0 Å². The highest BCUT2D eigenvalue weighted by atomic mass is 19.1. The maximum atomic E-state index is 13.3. The molecule has 3 nitrogen and oxygen atoms in total. The van der Waals surface area contributed by atoms with Crippen molar-refractivity contribution >= 4 is 22.4 Å². The summed E-state index contributed by atoms with van der Waals surface area (Å²) in [5, 5.41) is 12.5. The molecule has 3 aromatic carbocycles. The predicted molar refractivity (Wildman–Crippen MR) is 91.7 cm³/mol. The summed E-state index contributed by atoms with van der Waals surface area (Å²) in [7, 11) is 0. The molecule has 1 heterocycles. The molecule has 0 bridgehead atoms. The molecule has 0 radical (unpaired) electrons. The number of hydrogen-bond donors (Lipinski definition) is 1. The summed E-state index contributed by atoms with van der Waals surface area (Å²) in [6, 6.07) is 15.7. The number of hydrogen-bond acceptors (Lipinski definition) is 2. The Bertz CT molecular complexity index is 962. The van der Waals surface area contributed by atoms with Crippen LogP contribution in [-0.2, 0) is 0 Å². The molecular weight excluding hydrogens is 305 g/mol. The maximum absolute atomic E-state index is 13.3. The van der Waals surface area contributed by atoms with Gasteiger partial charge >= 0.3 is 0 Å². The Morgan fingerprint density at radius 1 is 1.12 bits per heavy atom. The summed E-state index contributed by atoms with van der Waals surface area (Å²) in [5.74, 6) is -0.446. The number of aryl methyl sites for hydroxylation is 1. The Balaban J connectivity index is 1.71. The largest absolute Gasteiger partial charge is 0.387 e. The number of nitrogens with zero attached hydrogens (tertiary/aromatic N) is 1. The van der Waals surface area contributed by atoms with E-state index in [1.807, 2.05) is 36.4 Å². The van der Waals surface area contributed by atoms with Crippen LogP contribution in [-0.4, -0.2) is 17.6 Å². The SMILES string of the molecule is Cc1cc(F)ccc1C(O)CN1C(=O)c2cccc3cccc1c23. The van der Waals surface area contributed by atoms with E-state index >= 15 is 0 Å². The summed E-state index contributed by atoms with van der Waals surface area (Å²) in [4.78, 5) is 14.3. The lowest BCUT2D eigenvalue weighted by Crippen LogP contribution is -2.31. The fourth-order valence-electron chi connectivity index (χ4n) is 3.44. The summed E-state index contributed by atoms with van der Waals surface area (Å²) < 4.78 is 13.3. The molecule has 0 spiro atoms. The number of carbonyl (C=O) groups excluding carboxylic acids is 1. The van der Waals surface area contributed by atoms with E-state index in [-0.39, 0.29) is 18.3 Å². The van der Waals surface area contributed by atoms with Gasteiger partial charge in [-0.2, -0.15) is 0 Å². The van der Waals surface area contributed by atoms with E-state index in [2.05, 4.69) is 0 Å². The number of aliphatic hydroxyl groups excluding tert-OH is 1. The second-order valence-corrected chi connectivity index (χ2v) is 6.11. The molecule has 3 aromatic rings. The Morgan fingerprint density at radius 3 is 2.62 bits per heavy atom. The van der Waals surface area contributed by atoms with Crippen molar-refractivity contribution in [3.63, 3.8) is 0 Å². The van der Waals surface area contributed by atoms with E-state index in [0.29, 0.717) is 16.7 Å². The smallest absolute Gasteiger partial charge is 0.259 e. The molecule has 0 saturated carbocycles. The van der Waals surface area contributed by atoms with Crippen LogP contribution >= 0.6 is 0 Å². The number of anilines is 1. The van der Waals surface area contributed by atoms with Gasteiger partial charge in [-0.3, -0.25) is 4.79 Å². The molecule has 4 rings (SSSR count). The van der Waals surface area contributed by atoms with Crippen LogP contribution in [0.25, 0.3) is 10.8 Å². The minimum Gasteiger partial charge on any atom is -0.387 e. The van der Waals surface area contributed by atoms with Crippen LogP contribution in [0, 0.1) is 12.7 Å². The first-order chi connectivity index (χ1) is 11.6. The number of aliphatic hydroxyl groups is 1. The molecule has 1 aliphatic heterocycles. The van der Waals surface area contributed by atoms with Crippen molar-refractivity contribution in [3.8, 4) is 0 Å². The zero-order valence-corrected chi connectivity index (χ0v) is 13.2. The van der Waals surface area contributed by atoms with E-state index < -0.39 is 6.10 Å². The quantitative estimate of drug-likeness (QED) is 0.792. The van der Waals surface area contributed by atoms with Crippen LogP contribution in [0.2, 0.25) is 0 Å². The third-order valence-electron chi connectivity index (χ3n) is 4.60. The van der Waals surface area contributed by atoms with Crippen molar-refractivity contribution in [2.24, 2.45) is 0 Å². The van der Waals surface area contributed by atoms with Crippen molar-refractivity contribution in [3.05, 3.63) is 77.1 Å². The molecular formula is C20H16FNO2. The highest BCUT2D eigenvalue weighted by molar-refractivity contribution is 6.25. The van der Waals surface area contributed by atoms with Gasteiger partial charge in [0.05, 0.1) is 18.3 Å². The van der Waals surface area contributed by atoms with Crippen LogP contribution in [0.5, 0.6) is 0 Å². The Morgan fingerprint density at radius 2 is 1.88 bits per heavy atom. The van der Waals surface area contributed by atoms with Crippen molar-refractivity contribution in [2.45, 2.75) is 13.0 Å². The molecule has 120 valence electrons. The zero-order valence-electron chi connectivity index (χ0n) is 13.2. The van der Waals surface area contributed by atoms with Gasteiger partial charge < -0.3 is 10.0 Å². The van der Waals surface area contributed by atoms with Gasteiger partial charge in [0.15, 0.2) is 0 Å². The summed E-state index contributed by atoms with van der Waals surface area (Å²) >= 11 is 0. The first-order valence-corrected chi connectivity index (χ1v) is 7.84. The molecule has 0 aromatic heterocycles. The van der Waals surface area contributed by atoms with E-state index in [0.717, 1.165) is 16.5 Å². The first kappa shape index (κ1) is 14.8. The molecule has 4 heteroatoms. The van der Waals surface area contributed by atoms with Crippen LogP contribution in [0.15, 0.2) is 54.6 Å². The lowest BCUT2D eigenvalue weighted by molar-refractivity contribution is 0.0969. The fraction of sp³-hybridized carbons (Fsp3) is 0.150. The van der Waals surface area contributed by atoms with Crippen molar-refractivity contribution in [2.75, 3.05) is 11.4 Å². The molecule has 1 N–H and O–H groups in total. The monoisotopic (exact) mass is 321 g/mol. The van der Waals surface area contributed by atoms with Crippen molar-refractivity contribution < 1.29 is 14.3 Å². The van der Waals surface area contributed by atoms with E-state index in [1.54, 1.807) is 17.9 Å². The molecule has 24 heavy (non-hydrogen) atoms. The highest BCUT2D eigenvalue weighted by Gasteiger charge is 2.31. The van der Waals surface area contributed by atoms with E-state index in [1.165, 1.54) is 12.1 Å². The molecule has 1 amide bonds. The average molecular weight is 321 g/mol. The fourth-order valence-corrected chi connectivity index (χ4v) is 3.44. The molecule has 1 aliphatic rings. The van der Waals surface area contributed by atoms with Gasteiger partial charge in [-0.15, -0.1) is 0 Å². The average Bonchev–Trinajstić information content (AvgIpc) is 2.83.